The number of ether oxygens (including phenoxy) is 1. The van der Waals surface area contributed by atoms with Crippen LogP contribution in [-0.4, -0.2) is 31.8 Å². The van der Waals surface area contributed by atoms with Crippen LogP contribution < -0.4 is 4.90 Å². The summed E-state index contributed by atoms with van der Waals surface area (Å²) in [6, 6.07) is 4.64. The van der Waals surface area contributed by atoms with Crippen molar-refractivity contribution in [2.24, 2.45) is 0 Å². The van der Waals surface area contributed by atoms with Gasteiger partial charge >= 0.3 is 5.97 Å². The number of amides is 1. The zero-order valence-electron chi connectivity index (χ0n) is 10.0. The molecular formula is C13H13NO4. The van der Waals surface area contributed by atoms with Crippen molar-refractivity contribution in [2.45, 2.75) is 12.8 Å². The van der Waals surface area contributed by atoms with Gasteiger partial charge in [0.15, 0.2) is 0 Å². The molecule has 0 radical (unpaired) electrons. The van der Waals surface area contributed by atoms with Gasteiger partial charge in [-0.15, -0.1) is 0 Å². The van der Waals surface area contributed by atoms with Crippen molar-refractivity contribution < 1.29 is 19.1 Å². The van der Waals surface area contributed by atoms with Crippen LogP contribution in [0.3, 0.4) is 0 Å². The van der Waals surface area contributed by atoms with E-state index < -0.39 is 5.97 Å². The molecule has 1 aliphatic rings. The molecule has 0 bridgehead atoms. The van der Waals surface area contributed by atoms with E-state index in [1.54, 1.807) is 17.0 Å². The first kappa shape index (κ1) is 12.3. The minimum atomic E-state index is -0.548. The summed E-state index contributed by atoms with van der Waals surface area (Å²) in [6.07, 6.45) is 1.91. The van der Waals surface area contributed by atoms with Gasteiger partial charge in [-0.05, 0) is 24.6 Å². The second-order valence-corrected chi connectivity index (χ2v) is 4.03. The molecule has 0 spiro atoms. The molecular weight excluding hydrogens is 234 g/mol. The molecule has 5 nitrogen and oxygen atoms in total. The number of hydrogen-bond donors (Lipinski definition) is 0. The van der Waals surface area contributed by atoms with Gasteiger partial charge in [-0.3, -0.25) is 9.59 Å². The molecule has 94 valence electrons. The summed E-state index contributed by atoms with van der Waals surface area (Å²) in [5, 5.41) is 0. The van der Waals surface area contributed by atoms with E-state index in [2.05, 4.69) is 4.74 Å². The number of nitrogens with zero attached hydrogens (tertiary/aromatic N) is 1. The molecule has 0 aliphatic carbocycles. The topological polar surface area (TPSA) is 63.7 Å². The lowest BCUT2D eigenvalue weighted by molar-refractivity contribution is -0.117. The molecule has 18 heavy (non-hydrogen) atoms. The number of benzene rings is 1. The van der Waals surface area contributed by atoms with Crippen LogP contribution in [0.25, 0.3) is 0 Å². The number of esters is 1. The Balaban J connectivity index is 2.48. The quantitative estimate of drug-likeness (QED) is 0.598. The van der Waals surface area contributed by atoms with Crippen molar-refractivity contribution in [1.29, 1.82) is 0 Å². The van der Waals surface area contributed by atoms with Crippen LogP contribution in [0.4, 0.5) is 5.69 Å². The van der Waals surface area contributed by atoms with Crippen LogP contribution in [0.15, 0.2) is 18.2 Å². The molecule has 1 aromatic carbocycles. The fraction of sp³-hybridized carbons (Fsp3) is 0.308. The fourth-order valence-corrected chi connectivity index (χ4v) is 2.04. The van der Waals surface area contributed by atoms with Crippen molar-refractivity contribution in [2.75, 3.05) is 18.6 Å². The number of hydrogen-bond acceptors (Lipinski definition) is 4. The van der Waals surface area contributed by atoms with Gasteiger partial charge < -0.3 is 9.64 Å². The predicted octanol–water partition coefficient (Wildman–Crippen LogP) is 1.41. The maximum Gasteiger partial charge on any atom is 0.340 e. The van der Waals surface area contributed by atoms with Crippen LogP contribution >= 0.6 is 0 Å². The van der Waals surface area contributed by atoms with E-state index in [1.165, 1.54) is 13.2 Å². The summed E-state index contributed by atoms with van der Waals surface area (Å²) < 4.78 is 4.68. The van der Waals surface area contributed by atoms with Gasteiger partial charge in [0, 0.05) is 18.5 Å². The van der Waals surface area contributed by atoms with Gasteiger partial charge in [0.2, 0.25) is 5.91 Å². The number of rotatable bonds is 3. The molecule has 0 atom stereocenters. The molecule has 0 unspecified atom stereocenters. The highest BCUT2D eigenvalue weighted by Crippen LogP contribution is 2.26. The van der Waals surface area contributed by atoms with Crippen LogP contribution in [0.5, 0.6) is 0 Å². The summed E-state index contributed by atoms with van der Waals surface area (Å²) >= 11 is 0. The molecule has 1 fully saturated rings. The second kappa shape index (κ2) is 5.00. The molecule has 0 N–H and O–H groups in total. The Morgan fingerprint density at radius 1 is 1.44 bits per heavy atom. The summed E-state index contributed by atoms with van der Waals surface area (Å²) in [5.74, 6) is -0.563. The van der Waals surface area contributed by atoms with E-state index in [-0.39, 0.29) is 11.5 Å². The number of carbonyl (C=O) groups is 3. The van der Waals surface area contributed by atoms with Crippen molar-refractivity contribution in [3.05, 3.63) is 29.3 Å². The normalized spacial score (nSPS) is 14.7. The lowest BCUT2D eigenvalue weighted by Gasteiger charge is -2.18. The first-order chi connectivity index (χ1) is 8.67. The number of carbonyl (C=O) groups excluding carboxylic acids is 3. The van der Waals surface area contributed by atoms with E-state index in [1.807, 2.05) is 0 Å². The van der Waals surface area contributed by atoms with Gasteiger partial charge in [-0.1, -0.05) is 0 Å². The maximum atomic E-state index is 11.7. The molecule has 1 saturated heterocycles. The molecule has 2 rings (SSSR count). The third kappa shape index (κ3) is 2.11. The summed E-state index contributed by atoms with van der Waals surface area (Å²) in [6.45, 7) is 0.587. The van der Waals surface area contributed by atoms with Crippen molar-refractivity contribution in [1.82, 2.24) is 0 Å². The van der Waals surface area contributed by atoms with Gasteiger partial charge in [-0.2, -0.15) is 0 Å². The number of aldehydes is 1. The van der Waals surface area contributed by atoms with Crippen LogP contribution in [0.1, 0.15) is 33.6 Å². The Labute approximate surface area is 104 Å². The average Bonchev–Trinajstić information content (AvgIpc) is 2.83. The third-order valence-electron chi connectivity index (χ3n) is 2.93. The minimum Gasteiger partial charge on any atom is -0.465 e. The summed E-state index contributed by atoms with van der Waals surface area (Å²) in [5.41, 5.74) is 1.14. The average molecular weight is 247 g/mol. The molecule has 1 aromatic rings. The highest BCUT2D eigenvalue weighted by Gasteiger charge is 2.26. The molecule has 0 aromatic heterocycles. The molecule has 1 aliphatic heterocycles. The van der Waals surface area contributed by atoms with Crippen molar-refractivity contribution in [3.63, 3.8) is 0 Å². The van der Waals surface area contributed by atoms with Crippen molar-refractivity contribution >= 4 is 23.9 Å². The Hall–Kier alpha value is -2.17. The second-order valence-electron chi connectivity index (χ2n) is 4.03. The smallest absolute Gasteiger partial charge is 0.340 e. The molecule has 0 saturated carbocycles. The summed E-state index contributed by atoms with van der Waals surface area (Å²) in [7, 11) is 1.27. The van der Waals surface area contributed by atoms with Gasteiger partial charge in [0.25, 0.3) is 0 Å². The standard InChI is InChI=1S/C13H13NO4/c1-18-13(17)10-7-9(8-15)4-5-11(10)14-6-2-3-12(14)16/h4-5,7-8H,2-3,6H2,1H3. The van der Waals surface area contributed by atoms with E-state index in [0.717, 1.165) is 6.42 Å². The van der Waals surface area contributed by atoms with Gasteiger partial charge in [0.05, 0.1) is 18.4 Å². The minimum absolute atomic E-state index is 0.0148. The Morgan fingerprint density at radius 3 is 2.78 bits per heavy atom. The first-order valence-corrected chi connectivity index (χ1v) is 5.65. The lowest BCUT2D eigenvalue weighted by atomic mass is 10.1. The number of methoxy groups -OCH3 is 1. The fourth-order valence-electron chi connectivity index (χ4n) is 2.04. The zero-order valence-corrected chi connectivity index (χ0v) is 10.0. The Bertz CT molecular complexity index is 510. The monoisotopic (exact) mass is 247 g/mol. The molecule has 1 heterocycles. The van der Waals surface area contributed by atoms with E-state index in [4.69, 9.17) is 0 Å². The van der Waals surface area contributed by atoms with E-state index in [0.29, 0.717) is 30.5 Å². The molecule has 5 heteroatoms. The maximum absolute atomic E-state index is 11.7. The van der Waals surface area contributed by atoms with Crippen LogP contribution in [0, 0.1) is 0 Å². The SMILES string of the molecule is COC(=O)c1cc(C=O)ccc1N1CCCC1=O. The first-order valence-electron chi connectivity index (χ1n) is 5.65. The van der Waals surface area contributed by atoms with Crippen LogP contribution in [-0.2, 0) is 9.53 Å². The Kier molecular flexibility index (Phi) is 3.41. The Morgan fingerprint density at radius 2 is 2.22 bits per heavy atom. The van der Waals surface area contributed by atoms with E-state index >= 15 is 0 Å². The molecule has 1 amide bonds. The number of anilines is 1. The van der Waals surface area contributed by atoms with Crippen molar-refractivity contribution in [3.8, 4) is 0 Å². The van der Waals surface area contributed by atoms with Gasteiger partial charge in [0.1, 0.15) is 6.29 Å². The van der Waals surface area contributed by atoms with E-state index in [9.17, 15) is 14.4 Å². The largest absolute Gasteiger partial charge is 0.465 e. The van der Waals surface area contributed by atoms with Gasteiger partial charge in [-0.25, -0.2) is 4.79 Å². The highest BCUT2D eigenvalue weighted by molar-refractivity contribution is 6.04. The third-order valence-corrected chi connectivity index (χ3v) is 2.93. The highest BCUT2D eigenvalue weighted by atomic mass is 16.5. The van der Waals surface area contributed by atoms with Crippen LogP contribution in [0.2, 0.25) is 0 Å². The predicted molar refractivity (Wildman–Crippen MR) is 64.8 cm³/mol. The lowest BCUT2D eigenvalue weighted by Crippen LogP contribution is -2.26. The summed E-state index contributed by atoms with van der Waals surface area (Å²) in [4.78, 5) is 35.7. The zero-order chi connectivity index (χ0) is 13.1.